The molecule has 5 rings (SSSR count). The van der Waals surface area contributed by atoms with Crippen molar-refractivity contribution >= 4 is 22.6 Å². The molecule has 0 aliphatic heterocycles. The van der Waals surface area contributed by atoms with Crippen LogP contribution in [0.3, 0.4) is 0 Å². The monoisotopic (exact) mass is 440 g/mol. The second-order valence-electron chi connectivity index (χ2n) is 8.14. The lowest BCUT2D eigenvalue weighted by atomic mass is 10.1. The summed E-state index contributed by atoms with van der Waals surface area (Å²) in [6, 6.07) is 11.6. The highest BCUT2D eigenvalue weighted by Crippen LogP contribution is 2.25. The summed E-state index contributed by atoms with van der Waals surface area (Å²) < 4.78 is 5.35. The number of amides is 1. The van der Waals surface area contributed by atoms with E-state index in [0.29, 0.717) is 23.4 Å². The van der Waals surface area contributed by atoms with Gasteiger partial charge in [-0.05, 0) is 39.0 Å². The van der Waals surface area contributed by atoms with Crippen molar-refractivity contribution in [2.24, 2.45) is 7.05 Å². The van der Waals surface area contributed by atoms with Gasteiger partial charge in [0.05, 0.1) is 46.5 Å². The summed E-state index contributed by atoms with van der Waals surface area (Å²) in [5, 5.41) is 17.1. The molecule has 1 amide bonds. The number of carbonyl (C=O) groups is 1. The molecule has 5 aromatic rings. The Morgan fingerprint density at radius 2 is 1.82 bits per heavy atom. The van der Waals surface area contributed by atoms with Gasteiger partial charge in [-0.1, -0.05) is 18.2 Å². The van der Waals surface area contributed by atoms with Gasteiger partial charge in [0.25, 0.3) is 5.91 Å². The quantitative estimate of drug-likeness (QED) is 0.451. The van der Waals surface area contributed by atoms with Crippen molar-refractivity contribution in [1.82, 2.24) is 34.3 Å². The summed E-state index contributed by atoms with van der Waals surface area (Å²) in [5.74, 6) is -0.224. The normalized spacial score (nSPS) is 11.3. The zero-order chi connectivity index (χ0) is 23.1. The van der Waals surface area contributed by atoms with E-state index < -0.39 is 0 Å². The molecular formula is C24H24N8O. The topological polar surface area (TPSA) is 95.5 Å². The van der Waals surface area contributed by atoms with Gasteiger partial charge in [0.1, 0.15) is 0 Å². The highest BCUT2D eigenvalue weighted by atomic mass is 16.1. The molecule has 0 fully saturated rings. The largest absolute Gasteiger partial charge is 0.319 e. The van der Waals surface area contributed by atoms with Crippen LogP contribution in [0.15, 0.2) is 55.0 Å². The summed E-state index contributed by atoms with van der Waals surface area (Å²) in [6.07, 6.45) is 5.43. The van der Waals surface area contributed by atoms with Crippen LogP contribution in [0.2, 0.25) is 0 Å². The number of nitrogens with zero attached hydrogens (tertiary/aromatic N) is 7. The first-order chi connectivity index (χ1) is 15.9. The van der Waals surface area contributed by atoms with Crippen molar-refractivity contribution in [3.05, 3.63) is 83.2 Å². The summed E-state index contributed by atoms with van der Waals surface area (Å²) in [4.78, 5) is 18.0. The smallest absolute Gasteiger partial charge is 0.256 e. The molecule has 0 radical (unpaired) electrons. The van der Waals surface area contributed by atoms with Crippen LogP contribution in [0, 0.1) is 20.8 Å². The average Bonchev–Trinajstić information content (AvgIpc) is 3.46. The Morgan fingerprint density at radius 1 is 1.03 bits per heavy atom. The van der Waals surface area contributed by atoms with E-state index >= 15 is 0 Å². The zero-order valence-corrected chi connectivity index (χ0v) is 18.9. The van der Waals surface area contributed by atoms with Crippen LogP contribution in [0.25, 0.3) is 16.7 Å². The molecule has 166 valence electrons. The van der Waals surface area contributed by atoms with Crippen molar-refractivity contribution in [3.63, 3.8) is 0 Å². The number of aromatic nitrogens is 7. The lowest BCUT2D eigenvalue weighted by Gasteiger charge is -2.07. The fourth-order valence-corrected chi connectivity index (χ4v) is 4.03. The van der Waals surface area contributed by atoms with E-state index in [-0.39, 0.29) is 5.91 Å². The molecule has 0 atom stereocenters. The Bertz CT molecular complexity index is 1480. The second kappa shape index (κ2) is 8.01. The number of rotatable bonds is 5. The molecule has 33 heavy (non-hydrogen) atoms. The highest BCUT2D eigenvalue weighted by Gasteiger charge is 2.20. The van der Waals surface area contributed by atoms with Crippen molar-refractivity contribution in [3.8, 4) is 5.69 Å². The number of nitrogens with one attached hydrogen (secondary N) is 1. The first-order valence-electron chi connectivity index (χ1n) is 10.6. The minimum Gasteiger partial charge on any atom is -0.319 e. The molecule has 1 aromatic carbocycles. The number of para-hydroxylation sites is 1. The van der Waals surface area contributed by atoms with Gasteiger partial charge in [0, 0.05) is 30.7 Å². The maximum absolute atomic E-state index is 13.3. The summed E-state index contributed by atoms with van der Waals surface area (Å²) in [7, 11) is 1.89. The Labute approximate surface area is 190 Å². The van der Waals surface area contributed by atoms with Gasteiger partial charge in [-0.3, -0.25) is 14.2 Å². The molecule has 0 spiro atoms. The van der Waals surface area contributed by atoms with E-state index in [1.807, 2.05) is 70.5 Å². The molecule has 9 nitrogen and oxygen atoms in total. The Balaban J connectivity index is 1.45. The van der Waals surface area contributed by atoms with Gasteiger partial charge < -0.3 is 5.32 Å². The van der Waals surface area contributed by atoms with E-state index in [2.05, 4.69) is 25.6 Å². The Kier molecular flexibility index (Phi) is 5.01. The third-order valence-corrected chi connectivity index (χ3v) is 5.52. The van der Waals surface area contributed by atoms with Gasteiger partial charge in [-0.15, -0.1) is 0 Å². The summed E-state index contributed by atoms with van der Waals surface area (Å²) >= 11 is 0. The van der Waals surface area contributed by atoms with Crippen LogP contribution in [-0.4, -0.2) is 40.2 Å². The van der Waals surface area contributed by atoms with Crippen molar-refractivity contribution in [1.29, 1.82) is 0 Å². The molecule has 0 saturated carbocycles. The number of fused-ring (bicyclic) bond motifs is 1. The van der Waals surface area contributed by atoms with Crippen molar-refractivity contribution < 1.29 is 4.79 Å². The second-order valence-corrected chi connectivity index (χ2v) is 8.14. The minimum atomic E-state index is -0.224. The number of anilines is 1. The predicted molar refractivity (Wildman–Crippen MR) is 126 cm³/mol. The molecule has 9 heteroatoms. The maximum Gasteiger partial charge on any atom is 0.256 e. The van der Waals surface area contributed by atoms with Crippen molar-refractivity contribution in [2.45, 2.75) is 27.3 Å². The lowest BCUT2D eigenvalue weighted by molar-refractivity contribution is 0.102. The molecule has 0 aliphatic carbocycles. The van der Waals surface area contributed by atoms with Crippen LogP contribution >= 0.6 is 0 Å². The number of aryl methyl sites for hydroxylation is 4. The Hall–Kier alpha value is -4.27. The van der Waals surface area contributed by atoms with Crippen LogP contribution in [0.4, 0.5) is 5.69 Å². The first kappa shape index (κ1) is 20.6. The minimum absolute atomic E-state index is 0.224. The molecule has 0 saturated heterocycles. The SMILES string of the molecule is Cc1cc(C(=O)Nc2cnn(Cc3cn(C)nc3C)c2)c2c(C)nn(-c3ccccc3)c2n1. The third-order valence-electron chi connectivity index (χ3n) is 5.52. The summed E-state index contributed by atoms with van der Waals surface area (Å²) in [5.41, 5.74) is 6.23. The summed E-state index contributed by atoms with van der Waals surface area (Å²) in [6.45, 7) is 6.32. The number of benzene rings is 1. The van der Waals surface area contributed by atoms with E-state index in [9.17, 15) is 4.79 Å². The van der Waals surface area contributed by atoms with Crippen LogP contribution in [0.1, 0.15) is 33.0 Å². The van der Waals surface area contributed by atoms with Crippen molar-refractivity contribution in [2.75, 3.05) is 5.32 Å². The molecule has 4 aromatic heterocycles. The van der Waals surface area contributed by atoms with E-state index in [4.69, 9.17) is 0 Å². The standard InChI is InChI=1S/C24H24N8O/c1-15-10-21(22-17(3)29-32(23(22)26-15)20-8-6-5-7-9-20)24(33)27-19-11-25-31(14-19)13-18-12-30(4)28-16(18)2/h5-12,14H,13H2,1-4H3,(H,27,33). The number of pyridine rings is 1. The van der Waals surface area contributed by atoms with E-state index in [1.165, 1.54) is 0 Å². The molecular weight excluding hydrogens is 416 g/mol. The number of carbonyl (C=O) groups excluding carboxylic acids is 1. The maximum atomic E-state index is 13.3. The van der Waals surface area contributed by atoms with Gasteiger partial charge in [-0.25, -0.2) is 9.67 Å². The fraction of sp³-hybridized carbons (Fsp3) is 0.208. The first-order valence-corrected chi connectivity index (χ1v) is 10.6. The molecule has 0 bridgehead atoms. The number of hydrogen-bond acceptors (Lipinski definition) is 5. The average molecular weight is 441 g/mol. The third kappa shape index (κ3) is 3.89. The van der Waals surface area contributed by atoms with Gasteiger partial charge in [0.2, 0.25) is 0 Å². The zero-order valence-electron chi connectivity index (χ0n) is 18.9. The van der Waals surface area contributed by atoms with Crippen LogP contribution < -0.4 is 5.32 Å². The van der Waals surface area contributed by atoms with Gasteiger partial charge >= 0.3 is 0 Å². The number of hydrogen-bond donors (Lipinski definition) is 1. The fourth-order valence-electron chi connectivity index (χ4n) is 4.03. The Morgan fingerprint density at radius 3 is 2.55 bits per heavy atom. The molecule has 0 unspecified atom stereocenters. The molecule has 0 aliphatic rings. The van der Waals surface area contributed by atoms with Crippen LogP contribution in [-0.2, 0) is 13.6 Å². The highest BCUT2D eigenvalue weighted by molar-refractivity contribution is 6.12. The predicted octanol–water partition coefficient (Wildman–Crippen LogP) is 3.58. The molecule has 4 heterocycles. The lowest BCUT2D eigenvalue weighted by Crippen LogP contribution is -2.13. The van der Waals surface area contributed by atoms with Gasteiger partial charge in [0.15, 0.2) is 5.65 Å². The van der Waals surface area contributed by atoms with E-state index in [0.717, 1.165) is 33.7 Å². The molecule has 1 N–H and O–H groups in total. The van der Waals surface area contributed by atoms with Gasteiger partial charge in [-0.2, -0.15) is 15.3 Å². The van der Waals surface area contributed by atoms with E-state index in [1.54, 1.807) is 26.3 Å². The van der Waals surface area contributed by atoms with Crippen LogP contribution in [0.5, 0.6) is 0 Å².